The van der Waals surface area contributed by atoms with E-state index in [1.165, 1.54) is 18.2 Å². The van der Waals surface area contributed by atoms with Crippen molar-refractivity contribution in [3.63, 3.8) is 0 Å². The van der Waals surface area contributed by atoms with Crippen LogP contribution in [0, 0.1) is 0 Å². The van der Waals surface area contributed by atoms with Gasteiger partial charge in [-0.05, 0) is 18.2 Å². The minimum absolute atomic E-state index is 0.0803. The summed E-state index contributed by atoms with van der Waals surface area (Å²) in [6.07, 6.45) is -0.358. The normalized spacial score (nSPS) is 12.1. The molecule has 0 saturated carbocycles. The lowest BCUT2D eigenvalue weighted by atomic mass is 10.0. The van der Waals surface area contributed by atoms with Gasteiger partial charge < -0.3 is 21.7 Å². The van der Waals surface area contributed by atoms with Gasteiger partial charge in [-0.3, -0.25) is 9.59 Å². The van der Waals surface area contributed by atoms with Crippen LogP contribution in [0.4, 0.5) is 5.69 Å². The first kappa shape index (κ1) is 12.0. The first-order valence-electron chi connectivity index (χ1n) is 4.52. The van der Waals surface area contributed by atoms with Crippen LogP contribution in [0.5, 0.6) is 5.75 Å². The third-order valence-electron chi connectivity index (χ3n) is 2.06. The van der Waals surface area contributed by atoms with E-state index < -0.39 is 17.8 Å². The highest BCUT2D eigenvalue weighted by atomic mass is 16.4. The van der Waals surface area contributed by atoms with Crippen LogP contribution in [0.3, 0.4) is 0 Å². The lowest BCUT2D eigenvalue weighted by Gasteiger charge is -2.07. The van der Waals surface area contributed by atoms with Crippen LogP contribution in [0.1, 0.15) is 16.8 Å². The van der Waals surface area contributed by atoms with Gasteiger partial charge in [-0.25, -0.2) is 0 Å². The van der Waals surface area contributed by atoms with Crippen molar-refractivity contribution in [3.05, 3.63) is 23.8 Å². The van der Waals surface area contributed by atoms with E-state index in [4.69, 9.17) is 16.6 Å². The molecular formula is C10H12N2O4. The number of nitrogens with two attached hydrogens (primary N) is 2. The summed E-state index contributed by atoms with van der Waals surface area (Å²) in [6.45, 7) is 0. The number of carboxylic acid groups (broad SMARTS) is 1. The van der Waals surface area contributed by atoms with Gasteiger partial charge in [0.05, 0.1) is 0 Å². The molecule has 1 aromatic carbocycles. The molecule has 0 radical (unpaired) electrons. The predicted molar refractivity (Wildman–Crippen MR) is 57.1 cm³/mol. The minimum atomic E-state index is -1.27. The number of benzene rings is 1. The molecule has 0 heterocycles. The lowest BCUT2D eigenvalue weighted by Crippen LogP contribution is -2.32. The maximum Gasteiger partial charge on any atom is 0.320 e. The number of phenolic OH excluding ortho intramolecular Hbond substituents is 1. The van der Waals surface area contributed by atoms with Crippen molar-refractivity contribution in [1.82, 2.24) is 0 Å². The Bertz CT molecular complexity index is 431. The van der Waals surface area contributed by atoms with Crippen LogP contribution in [-0.4, -0.2) is 28.0 Å². The third-order valence-corrected chi connectivity index (χ3v) is 2.06. The van der Waals surface area contributed by atoms with Crippen molar-refractivity contribution in [2.45, 2.75) is 12.5 Å². The van der Waals surface area contributed by atoms with E-state index in [9.17, 15) is 14.7 Å². The Morgan fingerprint density at radius 1 is 1.38 bits per heavy atom. The number of rotatable bonds is 4. The molecule has 0 fully saturated rings. The monoisotopic (exact) mass is 224 g/mol. The molecule has 86 valence electrons. The zero-order valence-corrected chi connectivity index (χ0v) is 8.38. The van der Waals surface area contributed by atoms with E-state index in [1.807, 2.05) is 0 Å². The number of anilines is 1. The van der Waals surface area contributed by atoms with Gasteiger partial charge in [0.25, 0.3) is 0 Å². The van der Waals surface area contributed by atoms with E-state index in [0.717, 1.165) is 0 Å². The molecule has 0 aliphatic carbocycles. The molecule has 1 atom stereocenters. The molecule has 0 spiro atoms. The number of hydrogen-bond donors (Lipinski definition) is 4. The fourth-order valence-corrected chi connectivity index (χ4v) is 1.18. The molecule has 0 aliphatic heterocycles. The Hall–Kier alpha value is -2.08. The number of carbonyl (C=O) groups excluding carboxylic acids is 1. The number of phenols is 1. The minimum Gasteiger partial charge on any atom is -0.508 e. The average Bonchev–Trinajstić information content (AvgIpc) is 2.21. The highest BCUT2D eigenvalue weighted by molar-refractivity contribution is 6.03. The van der Waals surface area contributed by atoms with Crippen molar-refractivity contribution in [2.24, 2.45) is 5.73 Å². The number of Topliss-reactive ketones (excluding diaryl/α,β-unsaturated/α-hetero) is 1. The SMILES string of the molecule is Nc1ccc(O)cc1C(=O)C[C@H](N)C(=O)O. The van der Waals surface area contributed by atoms with Crippen molar-refractivity contribution in [2.75, 3.05) is 5.73 Å². The average molecular weight is 224 g/mol. The van der Waals surface area contributed by atoms with Crippen molar-refractivity contribution in [3.8, 4) is 5.75 Å². The maximum atomic E-state index is 11.6. The molecule has 0 bridgehead atoms. The second-order valence-corrected chi connectivity index (χ2v) is 3.34. The molecule has 6 heteroatoms. The summed E-state index contributed by atoms with van der Waals surface area (Å²) in [5.41, 5.74) is 11.0. The molecule has 1 rings (SSSR count). The number of carbonyl (C=O) groups is 2. The molecule has 0 unspecified atom stereocenters. The second kappa shape index (κ2) is 4.63. The number of ketones is 1. The topological polar surface area (TPSA) is 127 Å². The fourth-order valence-electron chi connectivity index (χ4n) is 1.18. The largest absolute Gasteiger partial charge is 0.508 e. The summed E-state index contributed by atoms with van der Waals surface area (Å²) in [7, 11) is 0. The summed E-state index contributed by atoms with van der Waals surface area (Å²) < 4.78 is 0. The van der Waals surface area contributed by atoms with E-state index in [0.29, 0.717) is 0 Å². The quantitative estimate of drug-likeness (QED) is 0.323. The predicted octanol–water partition coefficient (Wildman–Crippen LogP) is -0.0409. The molecule has 1 aromatic rings. The Kier molecular flexibility index (Phi) is 3.47. The van der Waals surface area contributed by atoms with Gasteiger partial charge in [-0.15, -0.1) is 0 Å². The van der Waals surface area contributed by atoms with Crippen LogP contribution >= 0.6 is 0 Å². The fraction of sp³-hybridized carbons (Fsp3) is 0.200. The van der Waals surface area contributed by atoms with Crippen LogP contribution in [0.15, 0.2) is 18.2 Å². The van der Waals surface area contributed by atoms with Gasteiger partial charge in [0.1, 0.15) is 11.8 Å². The Balaban J connectivity index is 2.88. The zero-order valence-electron chi connectivity index (χ0n) is 8.38. The smallest absolute Gasteiger partial charge is 0.320 e. The molecule has 0 saturated heterocycles. The van der Waals surface area contributed by atoms with Gasteiger partial charge in [-0.1, -0.05) is 0 Å². The molecule has 0 aromatic heterocycles. The molecule has 6 nitrogen and oxygen atoms in total. The first-order chi connectivity index (χ1) is 7.41. The molecule has 16 heavy (non-hydrogen) atoms. The van der Waals surface area contributed by atoms with Gasteiger partial charge in [0.15, 0.2) is 5.78 Å². The van der Waals surface area contributed by atoms with Crippen molar-refractivity contribution in [1.29, 1.82) is 0 Å². The molecule has 0 amide bonds. The summed E-state index contributed by atoms with van der Waals surface area (Å²) >= 11 is 0. The summed E-state index contributed by atoms with van der Waals surface area (Å²) in [5, 5.41) is 17.7. The Morgan fingerprint density at radius 2 is 2.00 bits per heavy atom. The van der Waals surface area contributed by atoms with Crippen LogP contribution < -0.4 is 11.5 Å². The van der Waals surface area contributed by atoms with Gasteiger partial charge >= 0.3 is 5.97 Å². The van der Waals surface area contributed by atoms with E-state index in [1.54, 1.807) is 0 Å². The third kappa shape index (κ3) is 2.71. The highest BCUT2D eigenvalue weighted by Crippen LogP contribution is 2.20. The molecule has 0 aliphatic rings. The lowest BCUT2D eigenvalue weighted by molar-refractivity contribution is -0.138. The van der Waals surface area contributed by atoms with Crippen molar-refractivity contribution >= 4 is 17.4 Å². The number of aliphatic carboxylic acids is 1. The summed E-state index contributed by atoms with van der Waals surface area (Å²) in [5.74, 6) is -1.88. The zero-order chi connectivity index (χ0) is 12.3. The number of hydrogen-bond acceptors (Lipinski definition) is 5. The first-order valence-corrected chi connectivity index (χ1v) is 4.52. The van der Waals surface area contributed by atoms with Crippen LogP contribution in [-0.2, 0) is 4.79 Å². The Morgan fingerprint density at radius 3 is 2.56 bits per heavy atom. The Labute approximate surface area is 91.5 Å². The van der Waals surface area contributed by atoms with E-state index in [2.05, 4.69) is 0 Å². The van der Waals surface area contributed by atoms with Crippen molar-refractivity contribution < 1.29 is 19.8 Å². The van der Waals surface area contributed by atoms with Gasteiger partial charge in [0.2, 0.25) is 0 Å². The molecular weight excluding hydrogens is 212 g/mol. The number of carboxylic acids is 1. The van der Waals surface area contributed by atoms with E-state index >= 15 is 0 Å². The van der Waals surface area contributed by atoms with Crippen LogP contribution in [0.25, 0.3) is 0 Å². The molecule has 6 N–H and O–H groups in total. The van der Waals surface area contributed by atoms with E-state index in [-0.39, 0.29) is 23.4 Å². The second-order valence-electron chi connectivity index (χ2n) is 3.34. The number of nitrogen functional groups attached to an aromatic ring is 1. The summed E-state index contributed by atoms with van der Waals surface area (Å²) in [6, 6.07) is 2.62. The summed E-state index contributed by atoms with van der Waals surface area (Å²) in [4.78, 5) is 22.1. The van der Waals surface area contributed by atoms with Crippen LogP contribution in [0.2, 0.25) is 0 Å². The number of aromatic hydroxyl groups is 1. The van der Waals surface area contributed by atoms with Gasteiger partial charge in [-0.2, -0.15) is 0 Å². The standard InChI is InChI=1S/C10H12N2O4/c11-7-2-1-5(13)3-6(7)9(14)4-8(12)10(15)16/h1-3,8,13H,4,11-12H2,(H,15,16)/t8-/m0/s1. The highest BCUT2D eigenvalue weighted by Gasteiger charge is 2.19. The maximum absolute atomic E-state index is 11.6. The van der Waals surface area contributed by atoms with Gasteiger partial charge in [0, 0.05) is 17.7 Å².